The van der Waals surface area contributed by atoms with Crippen LogP contribution in [0, 0.1) is 15.9 Å². The van der Waals surface area contributed by atoms with Crippen molar-refractivity contribution < 1.29 is 18.9 Å². The lowest BCUT2D eigenvalue weighted by Crippen LogP contribution is -2.47. The molecule has 140 valence electrons. The molecule has 0 spiro atoms. The van der Waals surface area contributed by atoms with Crippen LogP contribution in [-0.4, -0.2) is 28.4 Å². The summed E-state index contributed by atoms with van der Waals surface area (Å²) in [4.78, 5) is 33.7. The first-order valence-corrected chi connectivity index (χ1v) is 7.90. The van der Waals surface area contributed by atoms with Crippen LogP contribution < -0.4 is 21.5 Å². The van der Waals surface area contributed by atoms with E-state index in [0.29, 0.717) is 0 Å². The van der Waals surface area contributed by atoms with Crippen LogP contribution >= 0.6 is 12.2 Å². The molecular weight excluding hydrogens is 377 g/mol. The number of carbonyl (C=O) groups is 2. The Bertz CT molecular complexity index is 893. The number of para-hydroxylation sites is 1. The van der Waals surface area contributed by atoms with Gasteiger partial charge in [-0.25, -0.2) is 4.39 Å². The second kappa shape index (κ2) is 9.20. The second-order valence-electron chi connectivity index (χ2n) is 5.10. The molecule has 4 N–H and O–H groups in total. The van der Waals surface area contributed by atoms with E-state index in [4.69, 9.17) is 12.2 Å². The first-order valence-electron chi connectivity index (χ1n) is 7.50. The third-order valence-corrected chi connectivity index (χ3v) is 3.37. The zero-order valence-electron chi connectivity index (χ0n) is 13.7. The second-order valence-corrected chi connectivity index (χ2v) is 5.51. The van der Waals surface area contributed by atoms with Crippen molar-refractivity contribution >= 4 is 40.5 Å². The van der Waals surface area contributed by atoms with Gasteiger partial charge in [0.1, 0.15) is 5.82 Å². The van der Waals surface area contributed by atoms with E-state index >= 15 is 0 Å². The predicted octanol–water partition coefficient (Wildman–Crippen LogP) is 1.48. The molecule has 0 aliphatic rings. The Hall–Kier alpha value is -3.60. The number of thiocarbonyl (C=S) groups is 1. The average Bonchev–Trinajstić information content (AvgIpc) is 2.66. The number of halogens is 1. The zero-order chi connectivity index (χ0) is 19.8. The van der Waals surface area contributed by atoms with Crippen molar-refractivity contribution in [3.05, 3.63) is 70.0 Å². The van der Waals surface area contributed by atoms with Crippen LogP contribution in [0.25, 0.3) is 0 Å². The molecule has 0 saturated carbocycles. The lowest BCUT2D eigenvalue weighted by Gasteiger charge is -2.12. The van der Waals surface area contributed by atoms with E-state index in [9.17, 15) is 24.1 Å². The number of hydrazine groups is 1. The normalized spacial score (nSPS) is 9.81. The number of non-ortho nitro benzene ring substituents is 1. The summed E-state index contributed by atoms with van der Waals surface area (Å²) >= 11 is 4.91. The minimum absolute atomic E-state index is 0.0432. The fourth-order valence-electron chi connectivity index (χ4n) is 1.91. The van der Waals surface area contributed by atoms with Crippen LogP contribution in [0.15, 0.2) is 48.5 Å². The van der Waals surface area contributed by atoms with Crippen molar-refractivity contribution in [3.8, 4) is 0 Å². The number of amides is 2. The number of carbonyl (C=O) groups excluding carboxylic acids is 2. The molecule has 0 aliphatic heterocycles. The number of hydrogen-bond donors (Lipinski definition) is 4. The van der Waals surface area contributed by atoms with E-state index in [0.717, 1.165) is 6.07 Å². The quantitative estimate of drug-likeness (QED) is 0.346. The van der Waals surface area contributed by atoms with Crippen molar-refractivity contribution in [1.29, 1.82) is 0 Å². The lowest BCUT2D eigenvalue weighted by molar-refractivity contribution is -0.384. The largest absolute Gasteiger partial charge is 0.343 e. The van der Waals surface area contributed by atoms with Crippen molar-refractivity contribution in [2.24, 2.45) is 0 Å². The number of hydrogen-bond acceptors (Lipinski definition) is 5. The SMILES string of the molecule is O=C(CNC(=O)c1cccc([N+](=O)[O-])c1)NNC(=S)Nc1ccccc1F. The molecule has 0 aliphatic carbocycles. The Labute approximate surface area is 158 Å². The van der Waals surface area contributed by atoms with Gasteiger partial charge < -0.3 is 10.6 Å². The Morgan fingerprint density at radius 1 is 1.11 bits per heavy atom. The minimum atomic E-state index is -0.652. The van der Waals surface area contributed by atoms with E-state index in [1.54, 1.807) is 6.07 Å². The summed E-state index contributed by atoms with van der Waals surface area (Å²) < 4.78 is 13.5. The van der Waals surface area contributed by atoms with Crippen molar-refractivity contribution in [2.75, 3.05) is 11.9 Å². The van der Waals surface area contributed by atoms with Gasteiger partial charge >= 0.3 is 0 Å². The number of rotatable bonds is 5. The number of nitrogens with one attached hydrogen (secondary N) is 4. The van der Waals surface area contributed by atoms with Gasteiger partial charge in [-0.1, -0.05) is 18.2 Å². The topological polar surface area (TPSA) is 125 Å². The van der Waals surface area contributed by atoms with Gasteiger partial charge in [0.05, 0.1) is 17.2 Å². The summed E-state index contributed by atoms with van der Waals surface area (Å²) in [6, 6.07) is 10.9. The maximum absolute atomic E-state index is 13.5. The maximum Gasteiger partial charge on any atom is 0.270 e. The van der Waals surface area contributed by atoms with Crippen LogP contribution in [0.3, 0.4) is 0 Å². The van der Waals surface area contributed by atoms with Crippen molar-refractivity contribution in [2.45, 2.75) is 0 Å². The molecule has 2 aromatic carbocycles. The molecule has 0 saturated heterocycles. The number of nitro groups is 1. The Morgan fingerprint density at radius 3 is 2.56 bits per heavy atom. The summed E-state index contributed by atoms with van der Waals surface area (Å²) in [6.45, 7) is -0.406. The molecule has 2 amide bonds. The van der Waals surface area contributed by atoms with Gasteiger partial charge in [-0.15, -0.1) is 0 Å². The van der Waals surface area contributed by atoms with Gasteiger partial charge in [0.2, 0.25) is 0 Å². The Balaban J connectivity index is 1.78. The van der Waals surface area contributed by atoms with Crippen LogP contribution in [-0.2, 0) is 4.79 Å². The molecule has 0 unspecified atom stereocenters. The summed E-state index contributed by atoms with van der Waals surface area (Å²) in [5.74, 6) is -1.80. The molecule has 0 fully saturated rings. The fraction of sp³-hybridized carbons (Fsp3) is 0.0625. The van der Waals surface area contributed by atoms with E-state index in [1.165, 1.54) is 36.4 Å². The monoisotopic (exact) mass is 391 g/mol. The number of anilines is 1. The van der Waals surface area contributed by atoms with E-state index in [-0.39, 0.29) is 22.1 Å². The molecule has 9 nitrogen and oxygen atoms in total. The molecular formula is C16H14FN5O4S. The average molecular weight is 391 g/mol. The molecule has 11 heteroatoms. The number of nitrogens with zero attached hydrogens (tertiary/aromatic N) is 1. The van der Waals surface area contributed by atoms with Crippen LogP contribution in [0.2, 0.25) is 0 Å². The number of nitro benzene ring substituents is 1. The van der Waals surface area contributed by atoms with Gasteiger partial charge in [0, 0.05) is 17.7 Å². The third kappa shape index (κ3) is 6.01. The fourth-order valence-corrected chi connectivity index (χ4v) is 2.07. The summed E-state index contributed by atoms with van der Waals surface area (Å²) in [5.41, 5.74) is 4.51. The van der Waals surface area contributed by atoms with Gasteiger partial charge in [-0.05, 0) is 30.4 Å². The molecule has 0 heterocycles. The van der Waals surface area contributed by atoms with Crippen molar-refractivity contribution in [3.63, 3.8) is 0 Å². The highest BCUT2D eigenvalue weighted by Crippen LogP contribution is 2.13. The molecule has 2 aromatic rings. The Kier molecular flexibility index (Phi) is 6.72. The molecule has 0 aromatic heterocycles. The molecule has 2 rings (SSSR count). The summed E-state index contributed by atoms with van der Waals surface area (Å²) in [7, 11) is 0. The highest BCUT2D eigenvalue weighted by Gasteiger charge is 2.12. The Morgan fingerprint density at radius 2 is 1.85 bits per heavy atom. The number of benzene rings is 2. The van der Waals surface area contributed by atoms with Crippen LogP contribution in [0.5, 0.6) is 0 Å². The van der Waals surface area contributed by atoms with Gasteiger partial charge in [-0.2, -0.15) is 0 Å². The standard InChI is InChI=1S/C16H14FN5O4S/c17-12-6-1-2-7-13(12)19-16(27)21-20-14(23)9-18-15(24)10-4-3-5-11(8-10)22(25)26/h1-8H,9H2,(H,18,24)(H,20,23)(H2,19,21,27). The van der Waals surface area contributed by atoms with E-state index < -0.39 is 29.1 Å². The van der Waals surface area contributed by atoms with E-state index in [1.807, 2.05) is 0 Å². The molecule has 0 bridgehead atoms. The highest BCUT2D eigenvalue weighted by molar-refractivity contribution is 7.80. The summed E-state index contributed by atoms with van der Waals surface area (Å²) in [6.07, 6.45) is 0. The lowest BCUT2D eigenvalue weighted by atomic mass is 10.2. The predicted molar refractivity (Wildman–Crippen MR) is 99.3 cm³/mol. The smallest absolute Gasteiger partial charge is 0.270 e. The first kappa shape index (κ1) is 19.7. The van der Waals surface area contributed by atoms with Gasteiger partial charge in [0.25, 0.3) is 17.5 Å². The van der Waals surface area contributed by atoms with E-state index in [2.05, 4.69) is 21.5 Å². The minimum Gasteiger partial charge on any atom is -0.343 e. The first-order chi connectivity index (χ1) is 12.9. The third-order valence-electron chi connectivity index (χ3n) is 3.17. The molecule has 0 radical (unpaired) electrons. The van der Waals surface area contributed by atoms with Crippen LogP contribution in [0.4, 0.5) is 15.8 Å². The summed E-state index contributed by atoms with van der Waals surface area (Å²) in [5, 5.41) is 15.5. The van der Waals surface area contributed by atoms with Gasteiger partial charge in [0.15, 0.2) is 5.11 Å². The van der Waals surface area contributed by atoms with Gasteiger partial charge in [-0.3, -0.25) is 30.6 Å². The molecule has 27 heavy (non-hydrogen) atoms. The van der Waals surface area contributed by atoms with Crippen molar-refractivity contribution in [1.82, 2.24) is 16.2 Å². The zero-order valence-corrected chi connectivity index (χ0v) is 14.5. The van der Waals surface area contributed by atoms with Crippen LogP contribution in [0.1, 0.15) is 10.4 Å². The maximum atomic E-state index is 13.5. The molecule has 0 atom stereocenters. The highest BCUT2D eigenvalue weighted by atomic mass is 32.1.